The molecule has 4 nitrogen and oxygen atoms in total. The van der Waals surface area contributed by atoms with Crippen LogP contribution in [0.5, 0.6) is 5.75 Å². The average molecular weight is 322 g/mol. The Labute approximate surface area is 134 Å². The van der Waals surface area contributed by atoms with Gasteiger partial charge in [-0.05, 0) is 35.8 Å². The highest BCUT2D eigenvalue weighted by Gasteiger charge is 2.36. The summed E-state index contributed by atoms with van der Waals surface area (Å²) in [7, 11) is -0.410. The van der Waals surface area contributed by atoms with Gasteiger partial charge < -0.3 is 13.9 Å². The Kier molecular flexibility index (Phi) is 6.38. The van der Waals surface area contributed by atoms with E-state index in [0.717, 1.165) is 5.56 Å². The summed E-state index contributed by atoms with van der Waals surface area (Å²) < 4.78 is 16.0. The summed E-state index contributed by atoms with van der Waals surface area (Å²) in [6.45, 7) is 11.8. The lowest BCUT2D eigenvalue weighted by atomic mass is 10.2. The van der Waals surface area contributed by atoms with Crippen molar-refractivity contribution < 1.29 is 18.7 Å². The van der Waals surface area contributed by atoms with Crippen molar-refractivity contribution in [1.82, 2.24) is 0 Å². The molecular formula is C17H26O4Si. The molecule has 0 N–H and O–H groups in total. The van der Waals surface area contributed by atoms with Gasteiger partial charge in [0.15, 0.2) is 8.32 Å². The van der Waals surface area contributed by atoms with Gasteiger partial charge in [-0.1, -0.05) is 32.9 Å². The molecular weight excluding hydrogens is 296 g/mol. The fraction of sp³-hybridized carbons (Fsp3) is 0.471. The number of ether oxygens (including phenoxy) is 2. The minimum absolute atomic E-state index is 0.203. The SMILES string of the molecule is COC(=O)/C=C/Oc1ccc(CO[Si](C)(C)C(C)(C)C)cc1. The van der Waals surface area contributed by atoms with E-state index >= 15 is 0 Å². The summed E-state index contributed by atoms with van der Waals surface area (Å²) in [6, 6.07) is 7.64. The van der Waals surface area contributed by atoms with Gasteiger partial charge in [0, 0.05) is 0 Å². The predicted octanol–water partition coefficient (Wildman–Crippen LogP) is 4.27. The van der Waals surface area contributed by atoms with Crippen LogP contribution in [0.3, 0.4) is 0 Å². The van der Waals surface area contributed by atoms with Gasteiger partial charge in [-0.3, -0.25) is 0 Å². The molecule has 22 heavy (non-hydrogen) atoms. The Balaban J connectivity index is 2.55. The van der Waals surface area contributed by atoms with Crippen molar-refractivity contribution in [2.75, 3.05) is 7.11 Å². The zero-order valence-electron chi connectivity index (χ0n) is 14.3. The van der Waals surface area contributed by atoms with Crippen molar-refractivity contribution >= 4 is 14.3 Å². The number of carbonyl (C=O) groups excluding carboxylic acids is 1. The van der Waals surface area contributed by atoms with E-state index in [9.17, 15) is 4.79 Å². The summed E-state index contributed by atoms with van der Waals surface area (Å²) in [6.07, 6.45) is 2.54. The van der Waals surface area contributed by atoms with Crippen molar-refractivity contribution in [3.05, 3.63) is 42.2 Å². The lowest BCUT2D eigenvalue weighted by molar-refractivity contribution is -0.134. The van der Waals surface area contributed by atoms with Crippen LogP contribution >= 0.6 is 0 Å². The van der Waals surface area contributed by atoms with E-state index in [0.29, 0.717) is 12.4 Å². The van der Waals surface area contributed by atoms with Gasteiger partial charge in [0.1, 0.15) is 5.75 Å². The smallest absolute Gasteiger partial charge is 0.333 e. The van der Waals surface area contributed by atoms with Gasteiger partial charge in [-0.2, -0.15) is 0 Å². The second-order valence-electron chi connectivity index (χ2n) is 6.64. The molecule has 0 spiro atoms. The van der Waals surface area contributed by atoms with Crippen molar-refractivity contribution in [2.45, 2.75) is 45.5 Å². The minimum atomic E-state index is -1.73. The van der Waals surface area contributed by atoms with Crippen molar-refractivity contribution in [2.24, 2.45) is 0 Å². The maximum atomic E-state index is 10.9. The molecule has 0 aliphatic carbocycles. The van der Waals surface area contributed by atoms with Crippen LogP contribution in [0.1, 0.15) is 26.3 Å². The van der Waals surface area contributed by atoms with Gasteiger partial charge in [-0.25, -0.2) is 4.79 Å². The van der Waals surface area contributed by atoms with Gasteiger partial charge in [0.2, 0.25) is 0 Å². The Morgan fingerprint density at radius 1 is 1.18 bits per heavy atom. The molecule has 122 valence electrons. The van der Waals surface area contributed by atoms with Crippen LogP contribution in [-0.4, -0.2) is 21.4 Å². The molecule has 0 aliphatic rings. The van der Waals surface area contributed by atoms with E-state index in [1.807, 2.05) is 24.3 Å². The second kappa shape index (κ2) is 7.60. The first-order chi connectivity index (χ1) is 10.2. The molecule has 5 heteroatoms. The molecule has 0 radical (unpaired) electrons. The van der Waals surface area contributed by atoms with Gasteiger partial charge in [-0.15, -0.1) is 0 Å². The van der Waals surface area contributed by atoms with Gasteiger partial charge in [0.05, 0.1) is 26.1 Å². The average Bonchev–Trinajstić information content (AvgIpc) is 2.45. The Morgan fingerprint density at radius 2 is 1.77 bits per heavy atom. The minimum Gasteiger partial charge on any atom is -0.466 e. The Hall–Kier alpha value is -1.59. The fourth-order valence-electron chi connectivity index (χ4n) is 1.38. The first-order valence-corrected chi connectivity index (χ1v) is 10.2. The molecule has 1 aromatic carbocycles. The highest BCUT2D eigenvalue weighted by atomic mass is 28.4. The zero-order valence-corrected chi connectivity index (χ0v) is 15.3. The maximum absolute atomic E-state index is 10.9. The van der Waals surface area contributed by atoms with Crippen LogP contribution in [0.4, 0.5) is 0 Å². The standard InChI is InChI=1S/C17H26O4Si/c1-17(2,3)22(5,6)21-13-14-7-9-15(10-8-14)20-12-11-16(18)19-4/h7-12H,13H2,1-6H3/b12-11+. The lowest BCUT2D eigenvalue weighted by Crippen LogP contribution is -2.40. The van der Waals surface area contributed by atoms with Crippen molar-refractivity contribution in [1.29, 1.82) is 0 Å². The molecule has 0 aliphatic heterocycles. The van der Waals surface area contributed by atoms with Crippen molar-refractivity contribution in [3.8, 4) is 5.75 Å². The first-order valence-electron chi connectivity index (χ1n) is 7.30. The summed E-state index contributed by atoms with van der Waals surface area (Å²) in [5, 5.41) is 0.203. The molecule has 0 atom stereocenters. The molecule has 0 bridgehead atoms. The third-order valence-corrected chi connectivity index (χ3v) is 8.42. The molecule has 0 saturated heterocycles. The molecule has 0 fully saturated rings. The molecule has 1 rings (SSSR count). The highest BCUT2D eigenvalue weighted by molar-refractivity contribution is 6.74. The van der Waals surface area contributed by atoms with Crippen LogP contribution in [-0.2, 0) is 20.6 Å². The highest BCUT2D eigenvalue weighted by Crippen LogP contribution is 2.37. The predicted molar refractivity (Wildman–Crippen MR) is 90.2 cm³/mol. The summed E-state index contributed by atoms with van der Waals surface area (Å²) >= 11 is 0. The Morgan fingerprint density at radius 3 is 2.27 bits per heavy atom. The van der Waals surface area contributed by atoms with Crippen LogP contribution < -0.4 is 4.74 Å². The molecule has 0 aromatic heterocycles. The molecule has 0 heterocycles. The van der Waals surface area contributed by atoms with E-state index in [1.165, 1.54) is 19.4 Å². The summed E-state index contributed by atoms with van der Waals surface area (Å²) in [5.41, 5.74) is 1.11. The molecule has 0 unspecified atom stereocenters. The van der Waals surface area contributed by atoms with Crippen LogP contribution in [0.2, 0.25) is 18.1 Å². The fourth-order valence-corrected chi connectivity index (χ4v) is 2.34. The zero-order chi connectivity index (χ0) is 16.8. The number of carbonyl (C=O) groups is 1. The van der Waals surface area contributed by atoms with E-state index in [2.05, 4.69) is 38.6 Å². The van der Waals surface area contributed by atoms with E-state index < -0.39 is 14.3 Å². The van der Waals surface area contributed by atoms with Gasteiger partial charge in [0.25, 0.3) is 0 Å². The van der Waals surface area contributed by atoms with E-state index in [1.54, 1.807) is 0 Å². The normalized spacial score (nSPS) is 12.5. The number of esters is 1. The summed E-state index contributed by atoms with van der Waals surface area (Å²) in [4.78, 5) is 10.9. The molecule has 0 amide bonds. The van der Waals surface area contributed by atoms with Crippen LogP contribution in [0.25, 0.3) is 0 Å². The number of benzene rings is 1. The molecule has 0 saturated carbocycles. The quantitative estimate of drug-likeness (QED) is 0.339. The number of rotatable bonds is 6. The number of hydrogen-bond donors (Lipinski definition) is 0. The van der Waals surface area contributed by atoms with Gasteiger partial charge >= 0.3 is 5.97 Å². The second-order valence-corrected chi connectivity index (χ2v) is 11.4. The summed E-state index contributed by atoms with van der Waals surface area (Å²) in [5.74, 6) is 0.218. The number of hydrogen-bond acceptors (Lipinski definition) is 4. The number of methoxy groups -OCH3 is 1. The topological polar surface area (TPSA) is 44.8 Å². The van der Waals surface area contributed by atoms with Crippen LogP contribution in [0.15, 0.2) is 36.6 Å². The maximum Gasteiger partial charge on any atom is 0.333 e. The van der Waals surface area contributed by atoms with Crippen LogP contribution in [0, 0.1) is 0 Å². The molecule has 1 aromatic rings. The van der Waals surface area contributed by atoms with E-state index in [4.69, 9.17) is 9.16 Å². The van der Waals surface area contributed by atoms with Crippen molar-refractivity contribution in [3.63, 3.8) is 0 Å². The third-order valence-electron chi connectivity index (χ3n) is 3.94. The first kappa shape index (κ1) is 18.5. The van der Waals surface area contributed by atoms with E-state index in [-0.39, 0.29) is 5.04 Å². The largest absolute Gasteiger partial charge is 0.466 e. The monoisotopic (exact) mass is 322 g/mol. The Bertz CT molecular complexity index is 512. The lowest BCUT2D eigenvalue weighted by Gasteiger charge is -2.36. The third kappa shape index (κ3) is 5.65.